The minimum Gasteiger partial charge on any atom is -0.396 e. The number of fused-ring (bicyclic) bond motifs is 2. The fraction of sp³-hybridized carbons (Fsp3) is 0.160. The Morgan fingerprint density at radius 3 is 2.55 bits per heavy atom. The highest BCUT2D eigenvalue weighted by Crippen LogP contribution is 2.40. The summed E-state index contributed by atoms with van der Waals surface area (Å²) in [5, 5.41) is 16.1. The quantitative estimate of drug-likeness (QED) is 0.344. The molecule has 5 rings (SSSR count). The molecule has 2 aromatic carbocycles. The summed E-state index contributed by atoms with van der Waals surface area (Å²) >= 11 is 0. The standard InChI is InChI=1S/C25H22N4O4/c1-14(31)27-19-8-4-9-20-21(19)17(13-29(20)10-5-11-30)23-22(24(32)28-25(23)33)16-12-26-18-7-3-2-6-15(16)18/h2-4,6-9,12-13,26,30H,5,10-11H2,1H3,(H,27,31)(H,28,32,33). The van der Waals surface area contributed by atoms with E-state index in [4.69, 9.17) is 0 Å². The number of aromatic amines is 1. The van der Waals surface area contributed by atoms with Crippen LogP contribution in [0.1, 0.15) is 24.5 Å². The van der Waals surface area contributed by atoms with Crippen molar-refractivity contribution in [3.05, 3.63) is 66.0 Å². The number of anilines is 1. The van der Waals surface area contributed by atoms with Crippen LogP contribution in [0.4, 0.5) is 5.69 Å². The summed E-state index contributed by atoms with van der Waals surface area (Å²) in [7, 11) is 0. The van der Waals surface area contributed by atoms with E-state index in [2.05, 4.69) is 15.6 Å². The second-order valence-electron chi connectivity index (χ2n) is 7.98. The minimum absolute atomic E-state index is 0.0165. The molecule has 8 nitrogen and oxygen atoms in total. The van der Waals surface area contributed by atoms with Crippen LogP contribution in [0.5, 0.6) is 0 Å². The Morgan fingerprint density at radius 2 is 1.79 bits per heavy atom. The lowest BCUT2D eigenvalue weighted by Gasteiger charge is -2.08. The second kappa shape index (κ2) is 8.07. The highest BCUT2D eigenvalue weighted by atomic mass is 16.3. The number of aliphatic hydroxyl groups excluding tert-OH is 1. The normalized spacial score (nSPS) is 13.9. The number of aryl methyl sites for hydroxylation is 1. The molecule has 0 radical (unpaired) electrons. The molecule has 0 aliphatic carbocycles. The average Bonchev–Trinajstić information content (AvgIpc) is 3.45. The highest BCUT2D eigenvalue weighted by molar-refractivity contribution is 6.51. The molecule has 3 heterocycles. The van der Waals surface area contributed by atoms with Gasteiger partial charge in [-0.05, 0) is 24.6 Å². The molecular formula is C25H22N4O4. The van der Waals surface area contributed by atoms with E-state index in [0.717, 1.165) is 16.4 Å². The predicted octanol–water partition coefficient (Wildman–Crippen LogP) is 3.03. The first-order valence-electron chi connectivity index (χ1n) is 10.7. The number of aliphatic hydroxyl groups is 1. The van der Waals surface area contributed by atoms with E-state index in [9.17, 15) is 19.5 Å². The Hall–Kier alpha value is -4.17. The molecule has 2 aromatic heterocycles. The van der Waals surface area contributed by atoms with E-state index in [-0.39, 0.29) is 23.7 Å². The first kappa shape index (κ1) is 20.7. The van der Waals surface area contributed by atoms with Crippen molar-refractivity contribution < 1.29 is 19.5 Å². The fourth-order valence-corrected chi connectivity index (χ4v) is 4.51. The molecule has 0 unspecified atom stereocenters. The summed E-state index contributed by atoms with van der Waals surface area (Å²) in [4.78, 5) is 41.1. The van der Waals surface area contributed by atoms with Crippen LogP contribution >= 0.6 is 0 Å². The van der Waals surface area contributed by atoms with Crippen molar-refractivity contribution in [1.82, 2.24) is 14.9 Å². The van der Waals surface area contributed by atoms with Gasteiger partial charge in [-0.3, -0.25) is 19.7 Å². The Bertz CT molecular complexity index is 1470. The number of nitrogens with one attached hydrogen (secondary N) is 3. The van der Waals surface area contributed by atoms with Gasteiger partial charge in [0.25, 0.3) is 11.8 Å². The molecule has 0 bridgehead atoms. The van der Waals surface area contributed by atoms with Crippen LogP contribution in [0.3, 0.4) is 0 Å². The molecule has 4 N–H and O–H groups in total. The van der Waals surface area contributed by atoms with Gasteiger partial charge < -0.3 is 20.0 Å². The van der Waals surface area contributed by atoms with Crippen molar-refractivity contribution >= 4 is 56.4 Å². The predicted molar refractivity (Wildman–Crippen MR) is 126 cm³/mol. The van der Waals surface area contributed by atoms with Gasteiger partial charge in [-0.25, -0.2) is 0 Å². The molecule has 8 heteroatoms. The smallest absolute Gasteiger partial charge is 0.259 e. The zero-order chi connectivity index (χ0) is 23.1. The van der Waals surface area contributed by atoms with Gasteiger partial charge in [0.15, 0.2) is 0 Å². The topological polar surface area (TPSA) is 116 Å². The molecular weight excluding hydrogens is 420 g/mol. The van der Waals surface area contributed by atoms with Gasteiger partial charge in [-0.2, -0.15) is 0 Å². The third-order valence-corrected chi connectivity index (χ3v) is 5.83. The largest absolute Gasteiger partial charge is 0.396 e. The van der Waals surface area contributed by atoms with Crippen LogP contribution in [-0.2, 0) is 20.9 Å². The molecule has 0 fully saturated rings. The number of nitrogens with zero attached hydrogens (tertiary/aromatic N) is 1. The van der Waals surface area contributed by atoms with Gasteiger partial charge in [0.05, 0.1) is 22.4 Å². The molecule has 166 valence electrons. The van der Waals surface area contributed by atoms with Gasteiger partial charge in [0, 0.05) is 59.9 Å². The van der Waals surface area contributed by atoms with E-state index in [0.29, 0.717) is 35.2 Å². The molecule has 0 saturated carbocycles. The third kappa shape index (κ3) is 3.41. The molecule has 4 aromatic rings. The Kier molecular flexibility index (Phi) is 5.07. The number of amides is 3. The molecule has 1 aliphatic heterocycles. The zero-order valence-corrected chi connectivity index (χ0v) is 17.9. The number of H-pyrrole nitrogens is 1. The van der Waals surface area contributed by atoms with E-state index in [1.165, 1.54) is 6.92 Å². The van der Waals surface area contributed by atoms with Gasteiger partial charge in [0.1, 0.15) is 0 Å². The number of aromatic nitrogens is 2. The van der Waals surface area contributed by atoms with Crippen LogP contribution < -0.4 is 10.6 Å². The molecule has 0 atom stereocenters. The molecule has 33 heavy (non-hydrogen) atoms. The first-order valence-corrected chi connectivity index (χ1v) is 10.7. The number of carbonyl (C=O) groups excluding carboxylic acids is 3. The third-order valence-electron chi connectivity index (χ3n) is 5.83. The number of para-hydroxylation sites is 1. The van der Waals surface area contributed by atoms with Crippen molar-refractivity contribution in [2.45, 2.75) is 19.9 Å². The van der Waals surface area contributed by atoms with Crippen molar-refractivity contribution in [3.63, 3.8) is 0 Å². The maximum Gasteiger partial charge on any atom is 0.259 e. The van der Waals surface area contributed by atoms with Gasteiger partial charge >= 0.3 is 0 Å². The van der Waals surface area contributed by atoms with E-state index >= 15 is 0 Å². The molecule has 0 saturated heterocycles. The number of imide groups is 1. The Morgan fingerprint density at radius 1 is 1.03 bits per heavy atom. The van der Waals surface area contributed by atoms with Gasteiger partial charge in [0.2, 0.25) is 5.91 Å². The van der Waals surface area contributed by atoms with Crippen LogP contribution in [-0.4, -0.2) is 39.0 Å². The number of carbonyl (C=O) groups is 3. The Labute approximate surface area is 188 Å². The van der Waals surface area contributed by atoms with Gasteiger partial charge in [-0.15, -0.1) is 0 Å². The first-order chi connectivity index (χ1) is 16.0. The van der Waals surface area contributed by atoms with Crippen molar-refractivity contribution in [3.8, 4) is 0 Å². The number of hydrogen-bond acceptors (Lipinski definition) is 4. The number of hydrogen-bond donors (Lipinski definition) is 4. The van der Waals surface area contributed by atoms with E-state index < -0.39 is 11.8 Å². The molecule has 1 aliphatic rings. The van der Waals surface area contributed by atoms with Crippen LogP contribution in [0, 0.1) is 0 Å². The van der Waals surface area contributed by atoms with Crippen molar-refractivity contribution in [2.75, 3.05) is 11.9 Å². The SMILES string of the molecule is CC(=O)Nc1cccc2c1c(C1=C(c3c[nH]c4ccccc34)C(=O)NC1=O)cn2CCCO. The van der Waals surface area contributed by atoms with Gasteiger partial charge in [-0.1, -0.05) is 24.3 Å². The van der Waals surface area contributed by atoms with E-state index in [1.807, 2.05) is 47.2 Å². The van der Waals surface area contributed by atoms with Crippen LogP contribution in [0.15, 0.2) is 54.9 Å². The summed E-state index contributed by atoms with van der Waals surface area (Å²) in [6, 6.07) is 13.1. The summed E-state index contributed by atoms with van der Waals surface area (Å²) in [5.74, 6) is -1.19. The van der Waals surface area contributed by atoms with Crippen LogP contribution in [0.2, 0.25) is 0 Å². The number of benzene rings is 2. The second-order valence-corrected chi connectivity index (χ2v) is 7.98. The summed E-state index contributed by atoms with van der Waals surface area (Å²) in [6.07, 6.45) is 4.07. The highest BCUT2D eigenvalue weighted by Gasteiger charge is 2.35. The van der Waals surface area contributed by atoms with Crippen LogP contribution in [0.25, 0.3) is 33.0 Å². The lowest BCUT2D eigenvalue weighted by molar-refractivity contribution is -0.122. The summed E-state index contributed by atoms with van der Waals surface area (Å²) < 4.78 is 1.93. The maximum atomic E-state index is 13.1. The number of rotatable bonds is 6. The fourth-order valence-electron chi connectivity index (χ4n) is 4.51. The monoisotopic (exact) mass is 442 g/mol. The maximum absolute atomic E-state index is 13.1. The average molecular weight is 442 g/mol. The van der Waals surface area contributed by atoms with E-state index in [1.54, 1.807) is 12.3 Å². The molecule has 3 amide bonds. The summed E-state index contributed by atoms with van der Waals surface area (Å²) in [5.41, 5.74) is 3.94. The zero-order valence-electron chi connectivity index (χ0n) is 17.9. The Balaban J connectivity index is 1.83. The lowest BCUT2D eigenvalue weighted by atomic mass is 9.95. The lowest BCUT2D eigenvalue weighted by Crippen LogP contribution is -2.22. The van der Waals surface area contributed by atoms with Crippen molar-refractivity contribution in [2.24, 2.45) is 0 Å². The summed E-state index contributed by atoms with van der Waals surface area (Å²) in [6.45, 7) is 1.95. The van der Waals surface area contributed by atoms with Crippen molar-refractivity contribution in [1.29, 1.82) is 0 Å². The molecule has 0 spiro atoms. The minimum atomic E-state index is -0.487.